The lowest BCUT2D eigenvalue weighted by molar-refractivity contribution is 0.281. The van der Waals surface area contributed by atoms with Crippen LogP contribution in [-0.4, -0.2) is 5.11 Å². The second-order valence-electron chi connectivity index (χ2n) is 4.38. The number of aliphatic hydroxyl groups excluding tert-OH is 1. The summed E-state index contributed by atoms with van der Waals surface area (Å²) in [6, 6.07) is 11.0. The van der Waals surface area contributed by atoms with Gasteiger partial charge in [-0.1, -0.05) is 12.1 Å². The van der Waals surface area contributed by atoms with E-state index in [9.17, 15) is 4.39 Å². The van der Waals surface area contributed by atoms with Crippen LogP contribution in [0.3, 0.4) is 0 Å². The zero-order valence-corrected chi connectivity index (χ0v) is 10.6. The minimum absolute atomic E-state index is 0.0548. The topological polar surface area (TPSA) is 55.5 Å². The molecule has 0 saturated heterocycles. The number of hydrogen-bond donors (Lipinski definition) is 2. The van der Waals surface area contributed by atoms with E-state index in [1.807, 2.05) is 0 Å². The molecule has 0 aliphatic carbocycles. The Labute approximate surface area is 111 Å². The molecule has 0 saturated carbocycles. The van der Waals surface area contributed by atoms with E-state index in [1.54, 1.807) is 37.3 Å². The molecule has 0 spiro atoms. The first-order valence-corrected chi connectivity index (χ1v) is 6.03. The molecule has 1 atom stereocenters. The van der Waals surface area contributed by atoms with Crippen molar-refractivity contribution in [2.24, 2.45) is 5.73 Å². The van der Waals surface area contributed by atoms with Gasteiger partial charge in [0.2, 0.25) is 0 Å². The van der Waals surface area contributed by atoms with E-state index in [-0.39, 0.29) is 18.5 Å². The second-order valence-corrected chi connectivity index (χ2v) is 4.38. The highest BCUT2D eigenvalue weighted by molar-refractivity contribution is 5.40. The highest BCUT2D eigenvalue weighted by Gasteiger charge is 2.10. The Hall–Kier alpha value is -1.91. The van der Waals surface area contributed by atoms with Crippen molar-refractivity contribution >= 4 is 0 Å². The maximum atomic E-state index is 13.2. The molecular weight excluding hydrogens is 245 g/mol. The fraction of sp³-hybridized carbons (Fsp3) is 0.200. The molecule has 0 amide bonds. The summed E-state index contributed by atoms with van der Waals surface area (Å²) in [5.41, 5.74) is 7.16. The molecule has 0 aliphatic rings. The zero-order chi connectivity index (χ0) is 13.8. The van der Waals surface area contributed by atoms with Gasteiger partial charge in [0.15, 0.2) is 0 Å². The average Bonchev–Trinajstić information content (AvgIpc) is 2.41. The van der Waals surface area contributed by atoms with Crippen LogP contribution in [-0.2, 0) is 6.61 Å². The maximum absolute atomic E-state index is 13.2. The van der Waals surface area contributed by atoms with Gasteiger partial charge in [-0.15, -0.1) is 0 Å². The first-order chi connectivity index (χ1) is 9.10. The summed E-state index contributed by atoms with van der Waals surface area (Å²) >= 11 is 0. The highest BCUT2D eigenvalue weighted by Crippen LogP contribution is 2.29. The monoisotopic (exact) mass is 261 g/mol. The van der Waals surface area contributed by atoms with Crippen LogP contribution < -0.4 is 10.5 Å². The summed E-state index contributed by atoms with van der Waals surface area (Å²) in [4.78, 5) is 0. The summed E-state index contributed by atoms with van der Waals surface area (Å²) < 4.78 is 18.9. The summed E-state index contributed by atoms with van der Waals surface area (Å²) in [6.07, 6.45) is 0. The van der Waals surface area contributed by atoms with Gasteiger partial charge in [0.25, 0.3) is 0 Å². The molecule has 4 heteroatoms. The largest absolute Gasteiger partial charge is 0.457 e. The third-order valence-corrected chi connectivity index (χ3v) is 2.77. The lowest BCUT2D eigenvalue weighted by Crippen LogP contribution is -2.07. The van der Waals surface area contributed by atoms with Gasteiger partial charge in [-0.05, 0) is 42.8 Å². The molecule has 2 rings (SSSR count). The van der Waals surface area contributed by atoms with Gasteiger partial charge >= 0.3 is 0 Å². The summed E-state index contributed by atoms with van der Waals surface area (Å²) in [6.45, 7) is 1.71. The molecule has 3 nitrogen and oxygen atoms in total. The van der Waals surface area contributed by atoms with Crippen LogP contribution in [0.15, 0.2) is 42.5 Å². The predicted octanol–water partition coefficient (Wildman–Crippen LogP) is 3.13. The Kier molecular flexibility index (Phi) is 4.14. The van der Waals surface area contributed by atoms with Crippen LogP contribution in [0.2, 0.25) is 0 Å². The Morgan fingerprint density at radius 2 is 2.05 bits per heavy atom. The smallest absolute Gasteiger partial charge is 0.132 e. The van der Waals surface area contributed by atoms with Crippen molar-refractivity contribution < 1.29 is 14.2 Å². The average molecular weight is 261 g/mol. The van der Waals surface area contributed by atoms with Crippen LogP contribution in [0.25, 0.3) is 0 Å². The minimum Gasteiger partial charge on any atom is -0.457 e. The van der Waals surface area contributed by atoms with E-state index < -0.39 is 0 Å². The summed E-state index contributed by atoms with van der Waals surface area (Å²) in [5, 5.41) is 9.08. The Morgan fingerprint density at radius 3 is 2.74 bits per heavy atom. The molecule has 0 aromatic heterocycles. The minimum atomic E-state index is -0.344. The molecule has 19 heavy (non-hydrogen) atoms. The van der Waals surface area contributed by atoms with Gasteiger partial charge in [-0.25, -0.2) is 4.39 Å². The van der Waals surface area contributed by atoms with E-state index in [0.717, 1.165) is 5.56 Å². The van der Waals surface area contributed by atoms with Crippen molar-refractivity contribution in [1.82, 2.24) is 0 Å². The van der Waals surface area contributed by atoms with Crippen LogP contribution in [0.5, 0.6) is 11.5 Å². The standard InChI is InChI=1S/C15H16FNO2/c1-10(17)14-8-12(16)5-6-15(14)19-13-4-2-3-11(7-13)9-18/h2-8,10,18H,9,17H2,1H3. The first-order valence-electron chi connectivity index (χ1n) is 6.03. The third kappa shape index (κ3) is 3.30. The Balaban J connectivity index is 2.32. The first kappa shape index (κ1) is 13.5. The SMILES string of the molecule is CC(N)c1cc(F)ccc1Oc1cccc(CO)c1. The number of rotatable bonds is 4. The molecule has 0 heterocycles. The number of aliphatic hydroxyl groups is 1. The number of benzene rings is 2. The lowest BCUT2D eigenvalue weighted by atomic mass is 10.1. The fourth-order valence-corrected chi connectivity index (χ4v) is 1.80. The third-order valence-electron chi connectivity index (χ3n) is 2.77. The molecule has 100 valence electrons. The van der Waals surface area contributed by atoms with Crippen LogP contribution in [0, 0.1) is 5.82 Å². The van der Waals surface area contributed by atoms with Gasteiger partial charge in [0.1, 0.15) is 17.3 Å². The molecule has 2 aromatic carbocycles. The van der Waals surface area contributed by atoms with Crippen LogP contribution >= 0.6 is 0 Å². The van der Waals surface area contributed by atoms with Crippen LogP contribution in [0.4, 0.5) is 4.39 Å². The van der Waals surface area contributed by atoms with E-state index in [2.05, 4.69) is 0 Å². The fourth-order valence-electron chi connectivity index (χ4n) is 1.80. The molecule has 0 fully saturated rings. The van der Waals surface area contributed by atoms with E-state index in [4.69, 9.17) is 15.6 Å². The second kappa shape index (κ2) is 5.82. The summed E-state index contributed by atoms with van der Waals surface area (Å²) in [7, 11) is 0. The van der Waals surface area contributed by atoms with E-state index in [0.29, 0.717) is 17.1 Å². The van der Waals surface area contributed by atoms with Gasteiger partial charge < -0.3 is 15.6 Å². The van der Waals surface area contributed by atoms with Crippen molar-refractivity contribution in [1.29, 1.82) is 0 Å². The van der Waals surface area contributed by atoms with E-state index >= 15 is 0 Å². The van der Waals surface area contributed by atoms with Crippen molar-refractivity contribution in [2.45, 2.75) is 19.6 Å². The molecule has 0 radical (unpaired) electrons. The zero-order valence-electron chi connectivity index (χ0n) is 10.6. The number of ether oxygens (including phenoxy) is 1. The number of nitrogens with two attached hydrogens (primary N) is 1. The van der Waals surface area contributed by atoms with Gasteiger partial charge in [-0.3, -0.25) is 0 Å². The van der Waals surface area contributed by atoms with Crippen molar-refractivity contribution in [3.8, 4) is 11.5 Å². The molecule has 0 aliphatic heterocycles. The van der Waals surface area contributed by atoms with Crippen molar-refractivity contribution in [3.63, 3.8) is 0 Å². The quantitative estimate of drug-likeness (QED) is 0.889. The van der Waals surface area contributed by atoms with Crippen molar-refractivity contribution in [2.75, 3.05) is 0 Å². The van der Waals surface area contributed by atoms with Gasteiger partial charge in [-0.2, -0.15) is 0 Å². The summed E-state index contributed by atoms with van der Waals surface area (Å²) in [5.74, 6) is 0.760. The normalized spacial score (nSPS) is 12.2. The number of halogens is 1. The van der Waals surface area contributed by atoms with Crippen molar-refractivity contribution in [3.05, 3.63) is 59.4 Å². The van der Waals surface area contributed by atoms with E-state index in [1.165, 1.54) is 12.1 Å². The van der Waals surface area contributed by atoms with Crippen LogP contribution in [0.1, 0.15) is 24.1 Å². The molecular formula is C15H16FNO2. The number of hydrogen-bond acceptors (Lipinski definition) is 3. The molecule has 2 aromatic rings. The molecule has 1 unspecified atom stereocenters. The Morgan fingerprint density at radius 1 is 1.26 bits per heavy atom. The molecule has 3 N–H and O–H groups in total. The van der Waals surface area contributed by atoms with Gasteiger partial charge in [0, 0.05) is 11.6 Å². The maximum Gasteiger partial charge on any atom is 0.132 e. The Bertz CT molecular complexity index is 570. The predicted molar refractivity (Wildman–Crippen MR) is 71.4 cm³/mol. The molecule has 0 bridgehead atoms. The lowest BCUT2D eigenvalue weighted by Gasteiger charge is -2.14. The van der Waals surface area contributed by atoms with Gasteiger partial charge in [0.05, 0.1) is 6.61 Å². The highest BCUT2D eigenvalue weighted by atomic mass is 19.1.